The number of nitrogens with one attached hydrogen (secondary N) is 2. The Balaban J connectivity index is 2.46. The fourth-order valence-corrected chi connectivity index (χ4v) is 1.04. The molecule has 0 aromatic carbocycles. The molecule has 0 unspecified atom stereocenters. The van der Waals surface area contributed by atoms with Gasteiger partial charge in [0.1, 0.15) is 0 Å². The van der Waals surface area contributed by atoms with E-state index in [1.165, 1.54) is 12.4 Å². The summed E-state index contributed by atoms with van der Waals surface area (Å²) in [4.78, 5) is 18.8. The normalized spacial score (nSPS) is 9.57. The minimum Gasteiger partial charge on any atom is -0.358 e. The van der Waals surface area contributed by atoms with Crippen LogP contribution in [-0.4, -0.2) is 29.0 Å². The lowest BCUT2D eigenvalue weighted by molar-refractivity contribution is -0.119. The quantitative estimate of drug-likeness (QED) is 0.774. The minimum absolute atomic E-state index is 0.103. The van der Waals surface area contributed by atoms with Crippen LogP contribution in [0.3, 0.4) is 0 Å². The molecule has 0 atom stereocenters. The van der Waals surface area contributed by atoms with Gasteiger partial charge in [-0.05, 0) is 6.92 Å². The Bertz CT molecular complexity index is 318. The van der Waals surface area contributed by atoms with Gasteiger partial charge in [-0.2, -0.15) is 0 Å². The summed E-state index contributed by atoms with van der Waals surface area (Å²) >= 11 is 5.72. The predicted octanol–water partition coefficient (Wildman–Crippen LogP) is 0.678. The van der Waals surface area contributed by atoms with E-state index in [0.717, 1.165) is 0 Å². The van der Waals surface area contributed by atoms with Crippen molar-refractivity contribution >= 4 is 23.3 Å². The second-order valence-corrected chi connectivity index (χ2v) is 2.86. The summed E-state index contributed by atoms with van der Waals surface area (Å²) in [6.07, 6.45) is 2.99. The molecule has 1 amide bonds. The van der Waals surface area contributed by atoms with Crippen LogP contribution >= 0.6 is 11.6 Å². The molecule has 0 fully saturated rings. The molecule has 76 valence electrons. The molecule has 1 rings (SSSR count). The van der Waals surface area contributed by atoms with Crippen molar-refractivity contribution < 1.29 is 4.79 Å². The molecular formula is C8H11ClN4O. The Morgan fingerprint density at radius 3 is 2.86 bits per heavy atom. The van der Waals surface area contributed by atoms with Gasteiger partial charge in [0.2, 0.25) is 5.91 Å². The van der Waals surface area contributed by atoms with Crippen LogP contribution in [0.15, 0.2) is 12.4 Å². The lowest BCUT2D eigenvalue weighted by atomic mass is 10.5. The SMILES string of the molecule is CCNC(=O)CNc1nccnc1Cl. The number of hydrogen-bond donors (Lipinski definition) is 2. The van der Waals surface area contributed by atoms with Crippen LogP contribution in [0.2, 0.25) is 5.15 Å². The van der Waals surface area contributed by atoms with Crippen molar-refractivity contribution in [3.8, 4) is 0 Å². The summed E-state index contributed by atoms with van der Waals surface area (Å²) in [7, 11) is 0. The van der Waals surface area contributed by atoms with E-state index in [1.54, 1.807) is 0 Å². The number of rotatable bonds is 4. The summed E-state index contributed by atoms with van der Waals surface area (Å²) in [5.74, 6) is 0.314. The van der Waals surface area contributed by atoms with Crippen LogP contribution < -0.4 is 10.6 Å². The first-order chi connectivity index (χ1) is 6.74. The first-order valence-corrected chi connectivity index (χ1v) is 4.59. The zero-order chi connectivity index (χ0) is 10.4. The minimum atomic E-state index is -0.103. The highest BCUT2D eigenvalue weighted by molar-refractivity contribution is 6.31. The molecule has 0 aliphatic heterocycles. The summed E-state index contributed by atoms with van der Waals surface area (Å²) in [6, 6.07) is 0. The molecule has 14 heavy (non-hydrogen) atoms. The first kappa shape index (κ1) is 10.7. The molecule has 1 heterocycles. The number of amides is 1. The van der Waals surface area contributed by atoms with E-state index in [2.05, 4.69) is 20.6 Å². The smallest absolute Gasteiger partial charge is 0.239 e. The molecule has 0 saturated carbocycles. The maximum atomic E-state index is 11.1. The lowest BCUT2D eigenvalue weighted by Crippen LogP contribution is -2.29. The highest BCUT2D eigenvalue weighted by atomic mass is 35.5. The Kier molecular flexibility index (Phi) is 4.12. The van der Waals surface area contributed by atoms with E-state index in [-0.39, 0.29) is 17.6 Å². The third-order valence-electron chi connectivity index (χ3n) is 1.44. The fourth-order valence-electron chi connectivity index (χ4n) is 0.863. The van der Waals surface area contributed by atoms with E-state index in [1.807, 2.05) is 6.92 Å². The largest absolute Gasteiger partial charge is 0.358 e. The standard InChI is InChI=1S/C8H11ClN4O/c1-2-10-6(14)5-13-8-7(9)11-3-4-12-8/h3-4H,2,5H2,1H3,(H,10,14)(H,12,13). The van der Waals surface area contributed by atoms with Crippen molar-refractivity contribution in [3.05, 3.63) is 17.5 Å². The van der Waals surface area contributed by atoms with Crippen molar-refractivity contribution in [2.24, 2.45) is 0 Å². The summed E-state index contributed by atoms with van der Waals surface area (Å²) < 4.78 is 0. The van der Waals surface area contributed by atoms with Gasteiger partial charge >= 0.3 is 0 Å². The molecule has 1 aromatic rings. The number of carbonyl (C=O) groups excluding carboxylic acids is 1. The molecule has 0 saturated heterocycles. The van der Waals surface area contributed by atoms with Crippen LogP contribution in [-0.2, 0) is 4.79 Å². The summed E-state index contributed by atoms with van der Waals surface area (Å²) in [6.45, 7) is 2.61. The van der Waals surface area contributed by atoms with Crippen molar-refractivity contribution in [2.75, 3.05) is 18.4 Å². The average Bonchev–Trinajstić information content (AvgIpc) is 2.17. The third-order valence-corrected chi connectivity index (χ3v) is 1.72. The van der Waals surface area contributed by atoms with Gasteiger partial charge in [0.05, 0.1) is 6.54 Å². The first-order valence-electron chi connectivity index (χ1n) is 4.21. The molecule has 1 aromatic heterocycles. The van der Waals surface area contributed by atoms with Crippen LogP contribution in [0.1, 0.15) is 6.92 Å². The van der Waals surface area contributed by atoms with Gasteiger partial charge in [0.25, 0.3) is 0 Å². The monoisotopic (exact) mass is 214 g/mol. The number of hydrogen-bond acceptors (Lipinski definition) is 4. The molecule has 2 N–H and O–H groups in total. The molecule has 0 radical (unpaired) electrons. The fraction of sp³-hybridized carbons (Fsp3) is 0.375. The van der Waals surface area contributed by atoms with Crippen molar-refractivity contribution in [2.45, 2.75) is 6.92 Å². The average molecular weight is 215 g/mol. The van der Waals surface area contributed by atoms with E-state index < -0.39 is 0 Å². The van der Waals surface area contributed by atoms with Gasteiger partial charge in [-0.25, -0.2) is 9.97 Å². The van der Waals surface area contributed by atoms with E-state index in [4.69, 9.17) is 11.6 Å². The maximum Gasteiger partial charge on any atom is 0.239 e. The molecule has 0 aliphatic carbocycles. The van der Waals surface area contributed by atoms with Crippen LogP contribution in [0.4, 0.5) is 5.82 Å². The zero-order valence-electron chi connectivity index (χ0n) is 7.75. The molecule has 5 nitrogen and oxygen atoms in total. The van der Waals surface area contributed by atoms with Gasteiger partial charge in [-0.15, -0.1) is 0 Å². The van der Waals surface area contributed by atoms with Gasteiger partial charge < -0.3 is 10.6 Å². The zero-order valence-corrected chi connectivity index (χ0v) is 8.51. The second-order valence-electron chi connectivity index (χ2n) is 2.50. The Morgan fingerprint density at radius 1 is 1.50 bits per heavy atom. The number of carbonyl (C=O) groups is 1. The number of halogens is 1. The van der Waals surface area contributed by atoms with Gasteiger partial charge in [-0.1, -0.05) is 11.6 Å². The second kappa shape index (κ2) is 5.39. The molecule has 0 bridgehead atoms. The molecule has 0 aliphatic rings. The van der Waals surface area contributed by atoms with Crippen LogP contribution in [0.5, 0.6) is 0 Å². The molecule has 6 heteroatoms. The Hall–Kier alpha value is -1.36. The Morgan fingerprint density at radius 2 is 2.21 bits per heavy atom. The Labute approximate surface area is 86.9 Å². The molecule has 0 spiro atoms. The summed E-state index contributed by atoms with van der Waals surface area (Å²) in [5, 5.41) is 5.68. The van der Waals surface area contributed by atoms with Gasteiger partial charge in [0, 0.05) is 18.9 Å². The van der Waals surface area contributed by atoms with Gasteiger partial charge in [-0.3, -0.25) is 4.79 Å². The highest BCUT2D eigenvalue weighted by Gasteiger charge is 2.03. The topological polar surface area (TPSA) is 66.9 Å². The maximum absolute atomic E-state index is 11.1. The number of aromatic nitrogens is 2. The van der Waals surface area contributed by atoms with Crippen molar-refractivity contribution in [3.63, 3.8) is 0 Å². The van der Waals surface area contributed by atoms with E-state index >= 15 is 0 Å². The summed E-state index contributed by atoms with van der Waals surface area (Å²) in [5.41, 5.74) is 0. The lowest BCUT2D eigenvalue weighted by Gasteiger charge is -2.05. The van der Waals surface area contributed by atoms with Gasteiger partial charge in [0.15, 0.2) is 11.0 Å². The van der Waals surface area contributed by atoms with E-state index in [0.29, 0.717) is 12.4 Å². The predicted molar refractivity (Wildman–Crippen MR) is 54.2 cm³/mol. The number of anilines is 1. The number of likely N-dealkylation sites (N-methyl/N-ethyl adjacent to an activating group) is 1. The number of nitrogens with zero attached hydrogens (tertiary/aromatic N) is 2. The van der Waals surface area contributed by atoms with Crippen LogP contribution in [0, 0.1) is 0 Å². The molecular weight excluding hydrogens is 204 g/mol. The van der Waals surface area contributed by atoms with E-state index in [9.17, 15) is 4.79 Å². The van der Waals surface area contributed by atoms with Crippen LogP contribution in [0.25, 0.3) is 0 Å². The highest BCUT2D eigenvalue weighted by Crippen LogP contribution is 2.12. The van der Waals surface area contributed by atoms with Crippen molar-refractivity contribution in [1.82, 2.24) is 15.3 Å². The third kappa shape index (κ3) is 3.18. The van der Waals surface area contributed by atoms with Crippen molar-refractivity contribution in [1.29, 1.82) is 0 Å².